The van der Waals surface area contributed by atoms with Crippen molar-refractivity contribution in [2.45, 2.75) is 39.5 Å². The van der Waals surface area contributed by atoms with E-state index in [0.717, 1.165) is 13.3 Å². The zero-order valence-electron chi connectivity index (χ0n) is 7.76. The van der Waals surface area contributed by atoms with Crippen LogP contribution in [-0.2, 0) is 0 Å². The van der Waals surface area contributed by atoms with Crippen LogP contribution in [0.1, 0.15) is 33.6 Å². The van der Waals surface area contributed by atoms with Crippen molar-refractivity contribution in [1.29, 1.82) is 0 Å². The highest BCUT2D eigenvalue weighted by Crippen LogP contribution is 2.67. The third-order valence-electron chi connectivity index (χ3n) is 3.00. The Morgan fingerprint density at radius 2 is 1.83 bits per heavy atom. The molecule has 0 aliphatic heterocycles. The van der Waals surface area contributed by atoms with E-state index in [-0.39, 0.29) is 17.3 Å². The van der Waals surface area contributed by atoms with Gasteiger partial charge < -0.3 is 0 Å². The molecule has 1 saturated carbocycles. The lowest BCUT2D eigenvalue weighted by molar-refractivity contribution is -0.0104. The molecule has 0 aromatic carbocycles. The van der Waals surface area contributed by atoms with E-state index in [1.54, 1.807) is 0 Å². The minimum absolute atomic E-state index is 0.00812. The van der Waals surface area contributed by atoms with Crippen molar-refractivity contribution in [3.05, 3.63) is 0 Å². The monoisotopic (exact) mass is 196 g/mol. The van der Waals surface area contributed by atoms with Gasteiger partial charge in [-0.2, -0.15) is 0 Å². The normalized spacial score (nSPS) is 33.5. The lowest BCUT2D eigenvalue weighted by Gasteiger charge is -2.21. The van der Waals surface area contributed by atoms with Gasteiger partial charge in [-0.15, -0.1) is 11.6 Å². The van der Waals surface area contributed by atoms with Gasteiger partial charge in [0.05, 0.1) is 0 Å². The van der Waals surface area contributed by atoms with E-state index in [0.29, 0.717) is 5.88 Å². The summed E-state index contributed by atoms with van der Waals surface area (Å²) in [5.41, 5.74) is -0.305. The zero-order valence-corrected chi connectivity index (χ0v) is 8.51. The maximum absolute atomic E-state index is 12.7. The first-order valence-electron chi connectivity index (χ1n) is 4.16. The summed E-state index contributed by atoms with van der Waals surface area (Å²) in [5.74, 6) is -2.23. The van der Waals surface area contributed by atoms with Gasteiger partial charge >= 0.3 is 0 Å². The second-order valence-electron chi connectivity index (χ2n) is 4.72. The fourth-order valence-electron chi connectivity index (χ4n) is 1.97. The Morgan fingerprint density at radius 3 is 1.92 bits per heavy atom. The number of halogens is 3. The maximum atomic E-state index is 12.7. The molecule has 0 heterocycles. The molecular formula is C9H15ClF2. The van der Waals surface area contributed by atoms with E-state index < -0.39 is 5.92 Å². The third-order valence-corrected chi connectivity index (χ3v) is 3.51. The Hall–Kier alpha value is 0.150. The van der Waals surface area contributed by atoms with E-state index in [1.807, 2.05) is 13.8 Å². The van der Waals surface area contributed by atoms with Gasteiger partial charge in [0.25, 0.3) is 0 Å². The van der Waals surface area contributed by atoms with E-state index in [2.05, 4.69) is 0 Å². The van der Waals surface area contributed by atoms with Crippen LogP contribution in [0.25, 0.3) is 0 Å². The Kier molecular flexibility index (Phi) is 2.19. The molecule has 0 aromatic heterocycles. The Balaban J connectivity index is 2.62. The second kappa shape index (κ2) is 2.57. The topological polar surface area (TPSA) is 0 Å². The first-order valence-corrected chi connectivity index (χ1v) is 4.70. The molecule has 0 N–H and O–H groups in total. The molecule has 1 fully saturated rings. The predicted molar refractivity (Wildman–Crippen MR) is 46.8 cm³/mol. The highest BCUT2D eigenvalue weighted by molar-refractivity contribution is 6.18. The van der Waals surface area contributed by atoms with Crippen molar-refractivity contribution in [2.24, 2.45) is 10.8 Å². The fourth-order valence-corrected chi connectivity index (χ4v) is 2.52. The zero-order chi connectivity index (χ0) is 9.62. The molecule has 0 nitrogen and oxygen atoms in total. The number of alkyl halides is 3. The van der Waals surface area contributed by atoms with E-state index in [9.17, 15) is 8.78 Å². The average Bonchev–Trinajstić information content (AvgIpc) is 2.30. The summed E-state index contributed by atoms with van der Waals surface area (Å²) < 4.78 is 25.5. The van der Waals surface area contributed by atoms with Crippen LogP contribution in [0.15, 0.2) is 0 Å². The van der Waals surface area contributed by atoms with Crippen LogP contribution in [0.2, 0.25) is 0 Å². The van der Waals surface area contributed by atoms with Gasteiger partial charge in [0, 0.05) is 12.3 Å². The molecule has 12 heavy (non-hydrogen) atoms. The molecule has 1 rings (SSSR count). The van der Waals surface area contributed by atoms with E-state index in [4.69, 9.17) is 11.6 Å². The van der Waals surface area contributed by atoms with Crippen LogP contribution >= 0.6 is 11.6 Å². The Bertz CT molecular complexity index is 183. The third kappa shape index (κ3) is 1.73. The SMILES string of the molecule is CC(F)(F)CC1(CCl)CC1(C)C. The lowest BCUT2D eigenvalue weighted by atomic mass is 9.92. The number of hydrogen-bond donors (Lipinski definition) is 0. The van der Waals surface area contributed by atoms with Gasteiger partial charge in [0.1, 0.15) is 0 Å². The summed E-state index contributed by atoms with van der Waals surface area (Å²) >= 11 is 5.71. The summed E-state index contributed by atoms with van der Waals surface area (Å²) in [5, 5.41) is 0. The first kappa shape index (κ1) is 10.2. The molecule has 0 saturated heterocycles. The summed E-state index contributed by atoms with van der Waals surface area (Å²) in [6.45, 7) is 4.97. The van der Waals surface area contributed by atoms with Crippen molar-refractivity contribution >= 4 is 11.6 Å². The van der Waals surface area contributed by atoms with Crippen molar-refractivity contribution in [3.8, 4) is 0 Å². The Labute approximate surface area is 77.3 Å². The van der Waals surface area contributed by atoms with Gasteiger partial charge in [-0.1, -0.05) is 13.8 Å². The number of hydrogen-bond acceptors (Lipinski definition) is 0. The minimum Gasteiger partial charge on any atom is -0.207 e. The molecule has 0 spiro atoms. The van der Waals surface area contributed by atoms with Crippen molar-refractivity contribution in [3.63, 3.8) is 0 Å². The molecule has 72 valence electrons. The molecule has 0 bridgehead atoms. The van der Waals surface area contributed by atoms with E-state index in [1.165, 1.54) is 0 Å². The van der Waals surface area contributed by atoms with Crippen LogP contribution in [0.5, 0.6) is 0 Å². The van der Waals surface area contributed by atoms with Crippen molar-refractivity contribution in [2.75, 3.05) is 5.88 Å². The molecule has 0 radical (unpaired) electrons. The minimum atomic E-state index is -2.58. The summed E-state index contributed by atoms with van der Waals surface area (Å²) in [6.07, 6.45) is 0.753. The molecular weight excluding hydrogens is 182 g/mol. The van der Waals surface area contributed by atoms with Gasteiger partial charge in [-0.25, -0.2) is 8.78 Å². The van der Waals surface area contributed by atoms with Crippen LogP contribution in [-0.4, -0.2) is 11.8 Å². The fraction of sp³-hybridized carbons (Fsp3) is 1.00. The molecule has 1 aliphatic rings. The molecule has 0 amide bonds. The standard InChI is InChI=1S/C9H15ClF2/c1-7(2)4-9(7,6-10)5-8(3,11)12/h4-6H2,1-3H3. The largest absolute Gasteiger partial charge is 0.246 e. The van der Waals surface area contributed by atoms with E-state index >= 15 is 0 Å². The highest BCUT2D eigenvalue weighted by Gasteiger charge is 2.62. The second-order valence-corrected chi connectivity index (χ2v) is 4.99. The van der Waals surface area contributed by atoms with Crippen LogP contribution < -0.4 is 0 Å². The Morgan fingerprint density at radius 1 is 1.42 bits per heavy atom. The maximum Gasteiger partial charge on any atom is 0.246 e. The number of rotatable bonds is 3. The van der Waals surface area contributed by atoms with Gasteiger partial charge in [-0.3, -0.25) is 0 Å². The van der Waals surface area contributed by atoms with Gasteiger partial charge in [-0.05, 0) is 24.2 Å². The summed E-state index contributed by atoms with van der Waals surface area (Å²) in [4.78, 5) is 0. The summed E-state index contributed by atoms with van der Waals surface area (Å²) in [6, 6.07) is 0. The van der Waals surface area contributed by atoms with Crippen LogP contribution in [0.3, 0.4) is 0 Å². The van der Waals surface area contributed by atoms with Gasteiger partial charge in [0.2, 0.25) is 5.92 Å². The molecule has 1 atom stereocenters. The first-order chi connectivity index (χ1) is 5.22. The lowest BCUT2D eigenvalue weighted by Crippen LogP contribution is -2.22. The van der Waals surface area contributed by atoms with Crippen LogP contribution in [0, 0.1) is 10.8 Å². The summed E-state index contributed by atoms with van der Waals surface area (Å²) in [7, 11) is 0. The van der Waals surface area contributed by atoms with Gasteiger partial charge in [0.15, 0.2) is 0 Å². The highest BCUT2D eigenvalue weighted by atomic mass is 35.5. The molecule has 0 aromatic rings. The van der Waals surface area contributed by atoms with Crippen molar-refractivity contribution in [1.82, 2.24) is 0 Å². The molecule has 1 unspecified atom stereocenters. The molecule has 1 aliphatic carbocycles. The average molecular weight is 197 g/mol. The van der Waals surface area contributed by atoms with Crippen molar-refractivity contribution < 1.29 is 8.78 Å². The van der Waals surface area contributed by atoms with Crippen LogP contribution in [0.4, 0.5) is 8.78 Å². The smallest absolute Gasteiger partial charge is 0.207 e. The predicted octanol–water partition coefficient (Wildman–Crippen LogP) is 3.69. The quantitative estimate of drug-likeness (QED) is 0.604. The molecule has 3 heteroatoms.